The van der Waals surface area contributed by atoms with Crippen molar-refractivity contribution in [2.24, 2.45) is 0 Å². The minimum atomic E-state index is -4.32. The van der Waals surface area contributed by atoms with E-state index in [1.54, 1.807) is 19.4 Å². The summed E-state index contributed by atoms with van der Waals surface area (Å²) >= 11 is 0. The number of hydrogen-bond donors (Lipinski definition) is 1. The highest BCUT2D eigenvalue weighted by Gasteiger charge is 2.32. The lowest BCUT2D eigenvalue weighted by Crippen LogP contribution is -2.20. The van der Waals surface area contributed by atoms with E-state index in [4.69, 9.17) is 0 Å². The topological polar surface area (TPSA) is 31.9 Å². The SMILES string of the molecule is Cc1[nH]cnc1CN(C)Cc1ccccc1C(F)(F)F. The lowest BCUT2D eigenvalue weighted by molar-refractivity contribution is -0.138. The Balaban J connectivity index is 2.12. The number of rotatable bonds is 4. The number of H-pyrrole nitrogens is 1. The van der Waals surface area contributed by atoms with E-state index in [0.29, 0.717) is 6.54 Å². The van der Waals surface area contributed by atoms with Crippen molar-refractivity contribution in [3.05, 3.63) is 53.1 Å². The second-order valence-corrected chi connectivity index (χ2v) is 4.80. The van der Waals surface area contributed by atoms with Gasteiger partial charge in [-0.2, -0.15) is 13.2 Å². The van der Waals surface area contributed by atoms with Gasteiger partial charge in [-0.25, -0.2) is 4.98 Å². The first-order valence-electron chi connectivity index (χ1n) is 6.20. The largest absolute Gasteiger partial charge is 0.416 e. The van der Waals surface area contributed by atoms with Gasteiger partial charge in [-0.15, -0.1) is 0 Å². The number of aromatic amines is 1. The highest BCUT2D eigenvalue weighted by molar-refractivity contribution is 5.29. The molecule has 0 aliphatic heterocycles. The summed E-state index contributed by atoms with van der Waals surface area (Å²) in [4.78, 5) is 8.92. The minimum absolute atomic E-state index is 0.224. The van der Waals surface area contributed by atoms with Gasteiger partial charge in [0.25, 0.3) is 0 Å². The standard InChI is InChI=1S/C14H16F3N3/c1-10-13(19-9-18-10)8-20(2)7-11-5-3-4-6-12(11)14(15,16)17/h3-6,9H,7-8H2,1-2H3,(H,18,19). The molecule has 1 heterocycles. The molecular formula is C14H16F3N3. The van der Waals surface area contributed by atoms with Gasteiger partial charge in [0.2, 0.25) is 0 Å². The molecule has 0 unspecified atom stereocenters. The van der Waals surface area contributed by atoms with Crippen molar-refractivity contribution in [3.63, 3.8) is 0 Å². The van der Waals surface area contributed by atoms with E-state index in [1.807, 2.05) is 11.8 Å². The molecule has 0 atom stereocenters. The molecule has 2 aromatic rings. The highest BCUT2D eigenvalue weighted by Crippen LogP contribution is 2.32. The van der Waals surface area contributed by atoms with Gasteiger partial charge in [0.05, 0.1) is 17.6 Å². The number of alkyl halides is 3. The van der Waals surface area contributed by atoms with Crippen LogP contribution in [-0.2, 0) is 19.3 Å². The van der Waals surface area contributed by atoms with E-state index >= 15 is 0 Å². The molecule has 0 aliphatic rings. The Morgan fingerprint density at radius 3 is 2.50 bits per heavy atom. The van der Waals surface area contributed by atoms with Crippen molar-refractivity contribution in [3.8, 4) is 0 Å². The van der Waals surface area contributed by atoms with Gasteiger partial charge in [-0.3, -0.25) is 4.90 Å². The lowest BCUT2D eigenvalue weighted by atomic mass is 10.1. The number of halogens is 3. The van der Waals surface area contributed by atoms with Gasteiger partial charge in [-0.05, 0) is 25.6 Å². The van der Waals surface area contributed by atoms with Crippen molar-refractivity contribution < 1.29 is 13.2 Å². The summed E-state index contributed by atoms with van der Waals surface area (Å²) in [5.74, 6) is 0. The van der Waals surface area contributed by atoms with Crippen LogP contribution in [0.5, 0.6) is 0 Å². The first-order chi connectivity index (χ1) is 9.38. The maximum Gasteiger partial charge on any atom is 0.416 e. The molecule has 0 amide bonds. The Morgan fingerprint density at radius 2 is 1.90 bits per heavy atom. The summed E-state index contributed by atoms with van der Waals surface area (Å²) in [7, 11) is 1.78. The fourth-order valence-electron chi connectivity index (χ4n) is 2.08. The van der Waals surface area contributed by atoms with Gasteiger partial charge < -0.3 is 4.98 Å². The van der Waals surface area contributed by atoms with E-state index < -0.39 is 11.7 Å². The predicted octanol–water partition coefficient (Wildman–Crippen LogP) is 3.37. The van der Waals surface area contributed by atoms with Crippen LogP contribution in [0.4, 0.5) is 13.2 Å². The molecule has 0 fully saturated rings. The van der Waals surface area contributed by atoms with Gasteiger partial charge in [0, 0.05) is 18.8 Å². The molecule has 1 aromatic heterocycles. The van der Waals surface area contributed by atoms with Gasteiger partial charge >= 0.3 is 6.18 Å². The summed E-state index contributed by atoms with van der Waals surface area (Å²) < 4.78 is 38.7. The maximum absolute atomic E-state index is 12.9. The Bertz CT molecular complexity index is 575. The van der Waals surface area contributed by atoms with Crippen LogP contribution in [-0.4, -0.2) is 21.9 Å². The molecule has 1 N–H and O–H groups in total. The van der Waals surface area contributed by atoms with E-state index in [0.717, 1.165) is 17.5 Å². The van der Waals surface area contributed by atoms with Crippen LogP contribution in [0.1, 0.15) is 22.5 Å². The van der Waals surface area contributed by atoms with E-state index in [2.05, 4.69) is 9.97 Å². The molecule has 0 saturated carbocycles. The zero-order chi connectivity index (χ0) is 14.8. The second kappa shape index (κ2) is 5.66. The van der Waals surface area contributed by atoms with Crippen molar-refractivity contribution >= 4 is 0 Å². The number of hydrogen-bond acceptors (Lipinski definition) is 2. The second-order valence-electron chi connectivity index (χ2n) is 4.80. The minimum Gasteiger partial charge on any atom is -0.348 e. The number of nitrogens with one attached hydrogen (secondary N) is 1. The van der Waals surface area contributed by atoms with Crippen molar-refractivity contribution in [1.82, 2.24) is 14.9 Å². The Labute approximate surface area is 115 Å². The maximum atomic E-state index is 12.9. The van der Waals surface area contributed by atoms with Crippen LogP contribution in [0.3, 0.4) is 0 Å². The summed E-state index contributed by atoms with van der Waals surface area (Å²) in [6.45, 7) is 2.61. The first kappa shape index (κ1) is 14.6. The number of aryl methyl sites for hydroxylation is 1. The third-order valence-electron chi connectivity index (χ3n) is 3.12. The summed E-state index contributed by atoms with van der Waals surface area (Å²) in [5, 5.41) is 0. The molecule has 2 rings (SSSR count). The molecule has 0 saturated heterocycles. The zero-order valence-electron chi connectivity index (χ0n) is 11.3. The Hall–Kier alpha value is -1.82. The van der Waals surface area contributed by atoms with Crippen molar-refractivity contribution in [1.29, 1.82) is 0 Å². The van der Waals surface area contributed by atoms with Crippen LogP contribution in [0.25, 0.3) is 0 Å². The molecule has 0 aliphatic carbocycles. The summed E-state index contributed by atoms with van der Waals surface area (Å²) in [6.07, 6.45) is -2.73. The number of benzene rings is 1. The van der Waals surface area contributed by atoms with E-state index in [9.17, 15) is 13.2 Å². The van der Waals surface area contributed by atoms with Crippen molar-refractivity contribution in [2.75, 3.05) is 7.05 Å². The number of nitrogens with zero attached hydrogens (tertiary/aromatic N) is 2. The molecule has 1 aromatic carbocycles. The zero-order valence-corrected chi connectivity index (χ0v) is 11.3. The molecule has 3 nitrogen and oxygen atoms in total. The summed E-state index contributed by atoms with van der Waals surface area (Å²) in [6, 6.07) is 5.65. The summed E-state index contributed by atoms with van der Waals surface area (Å²) in [5.41, 5.74) is 1.47. The first-order valence-corrected chi connectivity index (χ1v) is 6.20. The molecule has 108 valence electrons. The average Bonchev–Trinajstić information content (AvgIpc) is 2.74. The Kier molecular flexibility index (Phi) is 4.13. The Morgan fingerprint density at radius 1 is 1.20 bits per heavy atom. The third-order valence-corrected chi connectivity index (χ3v) is 3.12. The quantitative estimate of drug-likeness (QED) is 0.933. The molecular weight excluding hydrogens is 267 g/mol. The van der Waals surface area contributed by atoms with Gasteiger partial charge in [0.1, 0.15) is 0 Å². The molecule has 20 heavy (non-hydrogen) atoms. The highest BCUT2D eigenvalue weighted by atomic mass is 19.4. The molecule has 6 heteroatoms. The van der Waals surface area contributed by atoms with Crippen LogP contribution in [0, 0.1) is 6.92 Å². The molecule has 0 radical (unpaired) electrons. The van der Waals surface area contributed by atoms with E-state index in [-0.39, 0.29) is 12.1 Å². The van der Waals surface area contributed by atoms with Gasteiger partial charge in [-0.1, -0.05) is 18.2 Å². The fourth-order valence-corrected chi connectivity index (χ4v) is 2.08. The van der Waals surface area contributed by atoms with E-state index in [1.165, 1.54) is 12.1 Å². The third kappa shape index (κ3) is 3.39. The predicted molar refractivity (Wildman–Crippen MR) is 69.9 cm³/mol. The van der Waals surface area contributed by atoms with Crippen LogP contribution in [0.2, 0.25) is 0 Å². The molecule has 0 bridgehead atoms. The average molecular weight is 283 g/mol. The smallest absolute Gasteiger partial charge is 0.348 e. The number of aromatic nitrogens is 2. The van der Waals surface area contributed by atoms with Crippen molar-refractivity contribution in [2.45, 2.75) is 26.2 Å². The van der Waals surface area contributed by atoms with Crippen LogP contribution in [0.15, 0.2) is 30.6 Å². The number of imidazole rings is 1. The van der Waals surface area contributed by atoms with Crippen LogP contribution >= 0.6 is 0 Å². The fraction of sp³-hybridized carbons (Fsp3) is 0.357. The van der Waals surface area contributed by atoms with Crippen LogP contribution < -0.4 is 0 Å². The van der Waals surface area contributed by atoms with Gasteiger partial charge in [0.15, 0.2) is 0 Å². The lowest BCUT2D eigenvalue weighted by Gasteiger charge is -2.19. The molecule has 0 spiro atoms. The monoisotopic (exact) mass is 283 g/mol. The normalized spacial score (nSPS) is 12.1.